The lowest BCUT2D eigenvalue weighted by molar-refractivity contribution is -0.136. The number of carbonyl (C=O) groups is 9. The van der Waals surface area contributed by atoms with E-state index in [1.807, 2.05) is 73.7 Å². The number of unbranched alkanes of at least 4 members (excludes halogenated alkanes) is 1. The molecule has 8 unspecified atom stereocenters. The maximum Gasteiger partial charge on any atom is 0.274 e. The van der Waals surface area contributed by atoms with E-state index in [1.54, 1.807) is 0 Å². The molecule has 78 heavy (non-hydrogen) atoms. The molecule has 3 aliphatic heterocycles. The summed E-state index contributed by atoms with van der Waals surface area (Å²) < 4.78 is 0. The number of benzene rings is 3. The summed E-state index contributed by atoms with van der Waals surface area (Å²) in [6, 6.07) is 12.5. The van der Waals surface area contributed by atoms with E-state index in [0.29, 0.717) is 19.4 Å². The van der Waals surface area contributed by atoms with Gasteiger partial charge in [-0.05, 0) is 72.9 Å². The average molecular weight is 1070 g/mol. The first-order valence-corrected chi connectivity index (χ1v) is 26.3. The molecule has 3 aromatic rings. The summed E-state index contributed by atoms with van der Waals surface area (Å²) in [5, 5.41) is 26.2. The lowest BCUT2D eigenvalue weighted by Crippen LogP contribution is -2.58. The maximum absolute atomic E-state index is 14.7. The molecule has 3 aliphatic rings. The van der Waals surface area contributed by atoms with Gasteiger partial charge >= 0.3 is 0 Å². The summed E-state index contributed by atoms with van der Waals surface area (Å²) in [5.41, 5.74) is 19.7. The number of nitrogens with one attached hydrogen (secondary N) is 9. The molecule has 0 radical (unpaired) electrons. The van der Waals surface area contributed by atoms with Gasteiger partial charge in [0, 0.05) is 50.8 Å². The number of amides is 9. The van der Waals surface area contributed by atoms with E-state index < -0.39 is 102 Å². The van der Waals surface area contributed by atoms with Gasteiger partial charge < -0.3 is 59.7 Å². The summed E-state index contributed by atoms with van der Waals surface area (Å²) in [4.78, 5) is 137. The van der Waals surface area contributed by atoms with Crippen molar-refractivity contribution in [2.45, 2.75) is 133 Å². The fraction of sp³-hybridized carbons (Fsp3) is 0.444. The highest BCUT2D eigenvalue weighted by Crippen LogP contribution is 2.34. The number of hydrogen-bond donors (Lipinski definition) is 12. The number of anilines is 1. The first kappa shape index (κ1) is 58.7. The predicted molar refractivity (Wildman–Crippen MR) is 294 cm³/mol. The second-order valence-corrected chi connectivity index (χ2v) is 19.5. The topological polar surface area (TPSA) is 377 Å². The zero-order valence-electron chi connectivity index (χ0n) is 43.8. The summed E-state index contributed by atoms with van der Waals surface area (Å²) >= 11 is 0. The summed E-state index contributed by atoms with van der Waals surface area (Å²) in [7, 11) is 0. The first-order valence-electron chi connectivity index (χ1n) is 26.3. The Morgan fingerprint density at radius 3 is 2.29 bits per heavy atom. The van der Waals surface area contributed by atoms with E-state index >= 15 is 0 Å². The number of guanidine groups is 1. The van der Waals surface area contributed by atoms with Crippen LogP contribution < -0.4 is 65.1 Å². The lowest BCUT2D eigenvalue weighted by Gasteiger charge is -2.26. The number of aliphatic imine (C=N–C) groups is 3. The van der Waals surface area contributed by atoms with Gasteiger partial charge in [0.05, 0.1) is 18.5 Å². The smallest absolute Gasteiger partial charge is 0.274 e. The highest BCUT2D eigenvalue weighted by Gasteiger charge is 2.36. The molecule has 0 saturated carbocycles. The van der Waals surface area contributed by atoms with Gasteiger partial charge in [-0.15, -0.1) is 0 Å². The van der Waals surface area contributed by atoms with Crippen molar-refractivity contribution < 1.29 is 43.2 Å². The van der Waals surface area contributed by atoms with E-state index in [2.05, 4.69) is 62.8 Å². The number of hydrogen-bond acceptors (Lipinski definition) is 14. The summed E-state index contributed by atoms with van der Waals surface area (Å²) in [5.74, 6) is -7.57. The number of fused-ring (bicyclic) bond motifs is 2. The Labute approximate surface area is 451 Å². The molecular weight excluding hydrogens is 1000 g/mol. The largest absolute Gasteiger partial charge is 0.384 e. The molecule has 0 bridgehead atoms. The quantitative estimate of drug-likeness (QED) is 0.0269. The number of imide groups is 1. The number of para-hydroxylation sites is 1. The SMILES string of the molecule is CCCCC(NC(C)=O)C(=O)NC1CC(=O)NCCCC=C(NC(=O)C(CC2CNc3ccccc32)NC(=O)C(CCCN=C(N)N)NC(=O)C(N)Cc2ccc3ccccc3c2)C(=O)NC(=O)C(CC2C=NC=N2)NC1=O. The normalized spacial score (nSPS) is 20.1. The minimum atomic E-state index is -1.52. The monoisotopic (exact) mass is 1070 g/mol. The van der Waals surface area contributed by atoms with Crippen LogP contribution in [0.1, 0.15) is 95.1 Å². The van der Waals surface area contributed by atoms with Crippen LogP contribution in [-0.2, 0) is 49.6 Å². The van der Waals surface area contributed by atoms with E-state index in [9.17, 15) is 43.2 Å². The molecule has 3 aromatic carbocycles. The number of nitrogens with zero attached hydrogens (tertiary/aromatic N) is 3. The van der Waals surface area contributed by atoms with Gasteiger partial charge in [-0.1, -0.05) is 86.5 Å². The van der Waals surface area contributed by atoms with Gasteiger partial charge in [0.15, 0.2) is 5.96 Å². The van der Waals surface area contributed by atoms with Crippen LogP contribution in [0.15, 0.2) is 93.5 Å². The van der Waals surface area contributed by atoms with Crippen molar-refractivity contribution in [1.29, 1.82) is 0 Å². The minimum Gasteiger partial charge on any atom is -0.384 e. The zero-order chi connectivity index (χ0) is 56.1. The van der Waals surface area contributed by atoms with Crippen molar-refractivity contribution in [3.05, 3.63) is 89.6 Å². The molecule has 24 heteroatoms. The third-order valence-electron chi connectivity index (χ3n) is 13.3. The van der Waals surface area contributed by atoms with Crippen LogP contribution in [0.25, 0.3) is 10.8 Å². The third kappa shape index (κ3) is 17.8. The molecule has 0 aliphatic carbocycles. The zero-order valence-corrected chi connectivity index (χ0v) is 43.8. The van der Waals surface area contributed by atoms with Crippen LogP contribution in [0, 0.1) is 0 Å². The Kier molecular flexibility index (Phi) is 21.9. The Morgan fingerprint density at radius 2 is 1.55 bits per heavy atom. The Morgan fingerprint density at radius 1 is 0.821 bits per heavy atom. The van der Waals surface area contributed by atoms with E-state index in [4.69, 9.17) is 17.2 Å². The molecule has 24 nitrogen and oxygen atoms in total. The molecule has 0 saturated heterocycles. The molecule has 0 spiro atoms. The van der Waals surface area contributed by atoms with E-state index in [-0.39, 0.29) is 82.0 Å². The summed E-state index contributed by atoms with van der Waals surface area (Å²) in [6.45, 7) is 3.70. The fourth-order valence-corrected chi connectivity index (χ4v) is 9.21. The molecule has 8 atom stereocenters. The van der Waals surface area contributed by atoms with Crippen molar-refractivity contribution in [3.8, 4) is 0 Å². The number of carbonyl (C=O) groups excluding carboxylic acids is 9. The molecular formula is C54H71N15O9. The van der Waals surface area contributed by atoms with Crippen molar-refractivity contribution in [3.63, 3.8) is 0 Å². The number of allylic oxidation sites excluding steroid dienone is 1. The van der Waals surface area contributed by atoms with Gasteiger partial charge in [0.2, 0.25) is 47.3 Å². The van der Waals surface area contributed by atoms with Crippen LogP contribution in [0.3, 0.4) is 0 Å². The highest BCUT2D eigenvalue weighted by atomic mass is 16.2. The van der Waals surface area contributed by atoms with E-state index in [0.717, 1.165) is 27.6 Å². The van der Waals surface area contributed by atoms with Crippen LogP contribution in [0.4, 0.5) is 5.69 Å². The fourth-order valence-electron chi connectivity index (χ4n) is 9.21. The second-order valence-electron chi connectivity index (χ2n) is 19.5. The summed E-state index contributed by atoms with van der Waals surface area (Å²) in [6.07, 6.45) is 5.53. The average Bonchev–Trinajstić information content (AvgIpc) is 4.09. The minimum absolute atomic E-state index is 0.0109. The van der Waals surface area contributed by atoms with Crippen LogP contribution in [0.2, 0.25) is 0 Å². The number of rotatable bonds is 22. The lowest BCUT2D eigenvalue weighted by atomic mass is 9.93. The van der Waals surface area contributed by atoms with Gasteiger partial charge in [0.1, 0.15) is 42.2 Å². The molecule has 0 aromatic heterocycles. The Balaban J connectivity index is 1.24. The second kappa shape index (κ2) is 29.1. The van der Waals surface area contributed by atoms with Crippen LogP contribution >= 0.6 is 0 Å². The number of nitrogens with two attached hydrogens (primary N) is 3. The van der Waals surface area contributed by atoms with E-state index in [1.165, 1.54) is 25.6 Å². The predicted octanol–water partition coefficient (Wildman–Crippen LogP) is -0.189. The third-order valence-corrected chi connectivity index (χ3v) is 13.3. The molecule has 9 amide bonds. The van der Waals surface area contributed by atoms with Gasteiger partial charge in [-0.2, -0.15) is 0 Å². The molecule has 3 heterocycles. The standard InChI is InChI=1S/C54H71N15O9/c1-3-4-15-40(63-31(2)70)48(73)68-45-27-46(71)59-21-10-9-17-41(50(75)69-53(78)44(67-52(45)77)26-36-29-58-30-62-36)65-51(76)43(25-35-28-61-39-16-8-7-14-37(35)39)66-49(74)42(18-11-22-60-54(56)57)64-47(72)38(55)24-32-19-20-33-12-5-6-13-34(33)23-32/h5-8,12-14,16-17,19-20,23,29-30,35-36,38,40,42-45,61H,3-4,9-11,15,18,21-22,24-28,55H2,1-2H3,(H,59,71)(H,63,70)(H,64,72)(H,65,76)(H,66,74)(H,67,77)(H,68,73)(H4,56,57,60)(H,69,75,78). The first-order chi connectivity index (χ1) is 37.5. The van der Waals surface area contributed by atoms with Gasteiger partial charge in [0.25, 0.3) is 5.91 Å². The van der Waals surface area contributed by atoms with Crippen LogP contribution in [-0.4, -0.2) is 134 Å². The van der Waals surface area contributed by atoms with Gasteiger partial charge in [-0.3, -0.25) is 58.5 Å². The van der Waals surface area contributed by atoms with Crippen molar-refractivity contribution in [2.24, 2.45) is 32.2 Å². The molecule has 416 valence electrons. The van der Waals surface area contributed by atoms with Crippen molar-refractivity contribution in [2.75, 3.05) is 25.0 Å². The Bertz CT molecular complexity index is 2800. The maximum atomic E-state index is 14.7. The van der Waals surface area contributed by atoms with Crippen molar-refractivity contribution in [1.82, 2.24) is 42.5 Å². The highest BCUT2D eigenvalue weighted by molar-refractivity contribution is 6.09. The molecule has 15 N–H and O–H groups in total. The molecule has 0 fully saturated rings. The Hall–Kier alpha value is -8.54. The van der Waals surface area contributed by atoms with Gasteiger partial charge in [-0.25, -0.2) is 4.99 Å². The molecule has 6 rings (SSSR count). The van der Waals surface area contributed by atoms with Crippen LogP contribution in [0.5, 0.6) is 0 Å². The van der Waals surface area contributed by atoms with Crippen molar-refractivity contribution >= 4 is 88.1 Å².